The molecule has 0 saturated carbocycles. The fourth-order valence-electron chi connectivity index (χ4n) is 3.09. The summed E-state index contributed by atoms with van der Waals surface area (Å²) in [6.45, 7) is 0.282. The number of carbonyl (C=O) groups excluding carboxylic acids is 1. The van der Waals surface area contributed by atoms with Crippen LogP contribution < -0.4 is 0 Å². The van der Waals surface area contributed by atoms with Crippen LogP contribution in [0.25, 0.3) is 0 Å². The molecule has 1 heterocycles. The molecule has 2 aromatic rings. The smallest absolute Gasteiger partial charge is 0.246 e. The molecule has 1 aliphatic heterocycles. The Labute approximate surface area is 161 Å². The maximum absolute atomic E-state index is 13.9. The third-order valence-corrected chi connectivity index (χ3v) is 6.53. The molecule has 0 atom stereocenters. The van der Waals surface area contributed by atoms with Gasteiger partial charge in [-0.1, -0.05) is 12.1 Å². The molecule has 0 aromatic heterocycles. The normalized spacial score (nSPS) is 15.6. The van der Waals surface area contributed by atoms with E-state index in [1.807, 2.05) is 0 Å². The lowest BCUT2D eigenvalue weighted by atomic mass is 10.1. The zero-order valence-electron chi connectivity index (χ0n) is 14.9. The van der Waals surface area contributed by atoms with Crippen molar-refractivity contribution in [3.05, 3.63) is 65.5 Å². The summed E-state index contributed by atoms with van der Waals surface area (Å²) < 4.78 is 66.5. The molecule has 1 aliphatic rings. The quantitative estimate of drug-likeness (QED) is 0.759. The molecule has 0 spiro atoms. The Kier molecular flexibility index (Phi) is 6.04. The Morgan fingerprint density at radius 1 is 0.929 bits per heavy atom. The number of benzene rings is 2. The van der Waals surface area contributed by atoms with E-state index in [0.29, 0.717) is 18.1 Å². The summed E-state index contributed by atoms with van der Waals surface area (Å²) in [7, 11) is -4.19. The van der Waals surface area contributed by atoms with Crippen LogP contribution in [0.1, 0.15) is 12.0 Å². The van der Waals surface area contributed by atoms with Crippen LogP contribution in [0.4, 0.5) is 13.2 Å². The zero-order chi connectivity index (χ0) is 20.3. The number of piperazine rings is 1. The number of aryl methyl sites for hydroxylation is 1. The van der Waals surface area contributed by atoms with Crippen molar-refractivity contribution in [2.45, 2.75) is 17.7 Å². The average Bonchev–Trinajstić information content (AvgIpc) is 2.68. The van der Waals surface area contributed by atoms with E-state index in [4.69, 9.17) is 0 Å². The lowest BCUT2D eigenvalue weighted by Crippen LogP contribution is -2.50. The van der Waals surface area contributed by atoms with E-state index in [1.54, 1.807) is 12.1 Å². The van der Waals surface area contributed by atoms with Crippen LogP contribution in [0.3, 0.4) is 0 Å². The lowest BCUT2D eigenvalue weighted by molar-refractivity contribution is -0.132. The van der Waals surface area contributed by atoms with E-state index in [-0.39, 0.29) is 44.3 Å². The van der Waals surface area contributed by atoms with E-state index in [0.717, 1.165) is 16.4 Å². The van der Waals surface area contributed by atoms with Crippen molar-refractivity contribution in [2.24, 2.45) is 0 Å². The number of nitrogens with zero attached hydrogens (tertiary/aromatic N) is 2. The molecule has 150 valence electrons. The number of hydrogen-bond donors (Lipinski definition) is 0. The predicted octanol–water partition coefficient (Wildman–Crippen LogP) is 2.57. The van der Waals surface area contributed by atoms with Crippen LogP contribution in [0.15, 0.2) is 47.4 Å². The van der Waals surface area contributed by atoms with Gasteiger partial charge in [-0.25, -0.2) is 21.6 Å². The molecule has 0 bridgehead atoms. The number of hydrogen-bond acceptors (Lipinski definition) is 3. The van der Waals surface area contributed by atoms with Crippen molar-refractivity contribution in [3.8, 4) is 0 Å². The van der Waals surface area contributed by atoms with Gasteiger partial charge in [-0.2, -0.15) is 4.31 Å². The molecule has 0 unspecified atom stereocenters. The number of sulfonamides is 1. The van der Waals surface area contributed by atoms with Crippen LogP contribution in [0.5, 0.6) is 0 Å². The van der Waals surface area contributed by atoms with Gasteiger partial charge in [0.05, 0.1) is 0 Å². The first-order chi connectivity index (χ1) is 13.3. The second kappa shape index (κ2) is 8.32. The van der Waals surface area contributed by atoms with Gasteiger partial charge in [-0.05, 0) is 42.3 Å². The van der Waals surface area contributed by atoms with Gasteiger partial charge < -0.3 is 4.90 Å². The highest BCUT2D eigenvalue weighted by Gasteiger charge is 2.32. The predicted molar refractivity (Wildman–Crippen MR) is 96.4 cm³/mol. The van der Waals surface area contributed by atoms with Crippen LogP contribution in [0, 0.1) is 17.5 Å². The Balaban J connectivity index is 1.59. The minimum absolute atomic E-state index is 0.00993. The van der Waals surface area contributed by atoms with Gasteiger partial charge in [-0.15, -0.1) is 0 Å². The van der Waals surface area contributed by atoms with Crippen LogP contribution in [-0.2, 0) is 21.2 Å². The highest BCUT2D eigenvalue weighted by Crippen LogP contribution is 2.22. The maximum atomic E-state index is 13.9. The minimum Gasteiger partial charge on any atom is -0.340 e. The van der Waals surface area contributed by atoms with Gasteiger partial charge in [0.25, 0.3) is 0 Å². The summed E-state index contributed by atoms with van der Waals surface area (Å²) in [4.78, 5) is 13.1. The van der Waals surface area contributed by atoms with E-state index in [1.165, 1.54) is 17.0 Å². The van der Waals surface area contributed by atoms with Crippen molar-refractivity contribution < 1.29 is 26.4 Å². The van der Waals surface area contributed by atoms with E-state index in [9.17, 15) is 26.4 Å². The molecule has 1 fully saturated rings. The van der Waals surface area contributed by atoms with Crippen molar-refractivity contribution >= 4 is 15.9 Å². The first-order valence-electron chi connectivity index (χ1n) is 8.75. The number of rotatable bonds is 5. The molecule has 28 heavy (non-hydrogen) atoms. The minimum atomic E-state index is -4.19. The highest BCUT2D eigenvalue weighted by atomic mass is 32.2. The third-order valence-electron chi connectivity index (χ3n) is 4.62. The van der Waals surface area contributed by atoms with E-state index < -0.39 is 26.6 Å². The molecule has 1 saturated heterocycles. The molecular formula is C19H19F3N2O3S. The van der Waals surface area contributed by atoms with E-state index >= 15 is 0 Å². The monoisotopic (exact) mass is 412 g/mol. The summed E-state index contributed by atoms with van der Waals surface area (Å²) in [5.74, 6) is -2.40. The fraction of sp³-hybridized carbons (Fsp3) is 0.316. The SMILES string of the molecule is O=C(CCc1cccc(F)c1)N1CCN(S(=O)(=O)c2cc(F)ccc2F)CC1. The number of carbonyl (C=O) groups is 1. The average molecular weight is 412 g/mol. The largest absolute Gasteiger partial charge is 0.340 e. The fourth-order valence-corrected chi connectivity index (χ4v) is 4.59. The third kappa shape index (κ3) is 4.53. The second-order valence-corrected chi connectivity index (χ2v) is 8.40. The molecular weight excluding hydrogens is 393 g/mol. The van der Waals surface area contributed by atoms with Gasteiger partial charge in [0.1, 0.15) is 22.3 Å². The summed E-state index contributed by atoms with van der Waals surface area (Å²) in [5, 5.41) is 0. The molecule has 0 N–H and O–H groups in total. The standard InChI is InChI=1S/C19H19F3N2O3S/c20-15-3-1-2-14(12-15)4-7-19(25)23-8-10-24(11-9-23)28(26,27)18-13-16(21)5-6-17(18)22/h1-3,5-6,12-13H,4,7-11H2. The topological polar surface area (TPSA) is 57.7 Å². The molecule has 9 heteroatoms. The van der Waals surface area contributed by atoms with Crippen LogP contribution in [0.2, 0.25) is 0 Å². The van der Waals surface area contributed by atoms with Gasteiger partial charge in [-0.3, -0.25) is 4.79 Å². The number of amides is 1. The first kappa shape index (κ1) is 20.3. The molecule has 3 rings (SSSR count). The van der Waals surface area contributed by atoms with Crippen molar-refractivity contribution in [1.29, 1.82) is 0 Å². The van der Waals surface area contributed by atoms with Crippen molar-refractivity contribution in [1.82, 2.24) is 9.21 Å². The van der Waals surface area contributed by atoms with Gasteiger partial charge in [0.2, 0.25) is 15.9 Å². The number of halogens is 3. The van der Waals surface area contributed by atoms with Crippen LogP contribution >= 0.6 is 0 Å². The van der Waals surface area contributed by atoms with Crippen LogP contribution in [-0.4, -0.2) is 49.7 Å². The van der Waals surface area contributed by atoms with Gasteiger partial charge in [0, 0.05) is 32.6 Å². The lowest BCUT2D eigenvalue weighted by Gasteiger charge is -2.34. The maximum Gasteiger partial charge on any atom is 0.246 e. The van der Waals surface area contributed by atoms with Crippen molar-refractivity contribution in [2.75, 3.05) is 26.2 Å². The highest BCUT2D eigenvalue weighted by molar-refractivity contribution is 7.89. The summed E-state index contributed by atoms with van der Waals surface area (Å²) >= 11 is 0. The Morgan fingerprint density at radius 2 is 1.61 bits per heavy atom. The van der Waals surface area contributed by atoms with E-state index in [2.05, 4.69) is 0 Å². The molecule has 0 radical (unpaired) electrons. The molecule has 0 aliphatic carbocycles. The summed E-state index contributed by atoms with van der Waals surface area (Å²) in [6, 6.07) is 8.27. The van der Waals surface area contributed by atoms with Gasteiger partial charge in [0.15, 0.2) is 0 Å². The molecule has 5 nitrogen and oxygen atoms in total. The Morgan fingerprint density at radius 3 is 2.29 bits per heavy atom. The Bertz CT molecular complexity index is 974. The Hall–Kier alpha value is -2.39. The first-order valence-corrected chi connectivity index (χ1v) is 10.2. The molecule has 1 amide bonds. The van der Waals surface area contributed by atoms with Gasteiger partial charge >= 0.3 is 0 Å². The zero-order valence-corrected chi connectivity index (χ0v) is 15.8. The van der Waals surface area contributed by atoms with Crippen molar-refractivity contribution in [3.63, 3.8) is 0 Å². The summed E-state index contributed by atoms with van der Waals surface area (Å²) in [5.41, 5.74) is 0.705. The molecule has 2 aromatic carbocycles. The summed E-state index contributed by atoms with van der Waals surface area (Å²) in [6.07, 6.45) is 0.554. The second-order valence-electron chi connectivity index (χ2n) is 6.49.